The first-order chi connectivity index (χ1) is 18.3. The van der Waals surface area contributed by atoms with E-state index in [1.165, 1.54) is 100 Å². The molecule has 0 atom stereocenters. The third kappa shape index (κ3) is 11.1. The maximum absolute atomic E-state index is 5.95. The van der Waals surface area contributed by atoms with Crippen molar-refractivity contribution in [2.45, 2.75) is 110 Å². The van der Waals surface area contributed by atoms with Crippen LogP contribution in [0.3, 0.4) is 0 Å². The normalized spacial score (nSPS) is 11.1. The molecule has 0 radical (unpaired) electrons. The van der Waals surface area contributed by atoms with E-state index in [0.29, 0.717) is 0 Å². The molecule has 0 unspecified atom stereocenters. The molecule has 0 amide bonds. The van der Waals surface area contributed by atoms with Crippen LogP contribution in [0.2, 0.25) is 0 Å². The fourth-order valence-corrected chi connectivity index (χ4v) is 4.72. The molecule has 0 spiro atoms. The number of aryl methyl sites for hydroxylation is 1. The fourth-order valence-electron chi connectivity index (χ4n) is 4.72. The predicted molar refractivity (Wildman–Crippen MR) is 158 cm³/mol. The molecule has 3 nitrogen and oxygen atoms in total. The van der Waals surface area contributed by atoms with Gasteiger partial charge in [0.1, 0.15) is 5.75 Å². The maximum Gasteiger partial charge on any atom is 0.159 e. The second kappa shape index (κ2) is 17.7. The van der Waals surface area contributed by atoms with Crippen LogP contribution in [0, 0.1) is 0 Å². The molecule has 0 aliphatic heterocycles. The van der Waals surface area contributed by atoms with Gasteiger partial charge in [0.2, 0.25) is 0 Å². The van der Waals surface area contributed by atoms with Crippen LogP contribution >= 0.6 is 0 Å². The van der Waals surface area contributed by atoms with Crippen LogP contribution < -0.4 is 4.74 Å². The van der Waals surface area contributed by atoms with Gasteiger partial charge in [-0.2, -0.15) is 0 Å². The van der Waals surface area contributed by atoms with Crippen molar-refractivity contribution < 1.29 is 4.74 Å². The molecule has 200 valence electrons. The lowest BCUT2D eigenvalue weighted by molar-refractivity contribution is 0.304. The minimum Gasteiger partial charge on any atom is -0.494 e. The van der Waals surface area contributed by atoms with Gasteiger partial charge in [0.15, 0.2) is 5.82 Å². The monoisotopic (exact) mass is 500 g/mol. The Morgan fingerprint density at radius 1 is 0.514 bits per heavy atom. The van der Waals surface area contributed by atoms with Crippen molar-refractivity contribution in [3.8, 4) is 28.3 Å². The van der Waals surface area contributed by atoms with E-state index in [-0.39, 0.29) is 0 Å². The Bertz CT molecular complexity index is 964. The summed E-state index contributed by atoms with van der Waals surface area (Å²) in [5.74, 6) is 1.75. The standard InChI is InChI=1S/C34H48N2O/c1-3-5-7-9-11-13-15-17-29-27-35-34(36-28-29)32-20-18-30(19-21-32)31-22-24-33(25-23-31)37-26-16-14-12-10-8-6-4-2/h18-25,27-28H,3-17,26H2,1-2H3. The quantitative estimate of drug-likeness (QED) is 0.154. The summed E-state index contributed by atoms with van der Waals surface area (Å²) in [5, 5.41) is 0. The third-order valence-electron chi connectivity index (χ3n) is 7.12. The van der Waals surface area contributed by atoms with E-state index in [1.54, 1.807) is 0 Å². The summed E-state index contributed by atoms with van der Waals surface area (Å²) >= 11 is 0. The van der Waals surface area contributed by atoms with Crippen molar-refractivity contribution in [2.24, 2.45) is 0 Å². The minimum atomic E-state index is 0.795. The van der Waals surface area contributed by atoms with Crippen molar-refractivity contribution in [3.05, 3.63) is 66.5 Å². The van der Waals surface area contributed by atoms with Gasteiger partial charge in [-0.05, 0) is 48.1 Å². The molecule has 37 heavy (non-hydrogen) atoms. The number of hydrogen-bond donors (Lipinski definition) is 0. The molecule has 0 aliphatic carbocycles. The lowest BCUT2D eigenvalue weighted by atomic mass is 10.0. The van der Waals surface area contributed by atoms with E-state index >= 15 is 0 Å². The van der Waals surface area contributed by atoms with Crippen molar-refractivity contribution in [1.29, 1.82) is 0 Å². The van der Waals surface area contributed by atoms with Gasteiger partial charge < -0.3 is 4.74 Å². The highest BCUT2D eigenvalue weighted by Gasteiger charge is 2.04. The number of nitrogens with zero attached hydrogens (tertiary/aromatic N) is 2. The van der Waals surface area contributed by atoms with Gasteiger partial charge in [-0.25, -0.2) is 9.97 Å². The van der Waals surface area contributed by atoms with Crippen LogP contribution in [0.25, 0.3) is 22.5 Å². The molecule has 0 N–H and O–H groups in total. The Hall–Kier alpha value is -2.68. The number of benzene rings is 2. The Labute approximate surface area is 226 Å². The SMILES string of the molecule is CCCCCCCCCOc1ccc(-c2ccc(-c3ncc(CCCCCCCCC)cn3)cc2)cc1. The molecular formula is C34H48N2O. The van der Waals surface area contributed by atoms with Gasteiger partial charge in [-0.1, -0.05) is 127 Å². The van der Waals surface area contributed by atoms with Crippen LogP contribution in [0.1, 0.15) is 109 Å². The molecule has 3 aromatic rings. The maximum atomic E-state index is 5.95. The second-order valence-corrected chi connectivity index (χ2v) is 10.4. The zero-order valence-electron chi connectivity index (χ0n) is 23.4. The molecule has 0 aliphatic rings. The predicted octanol–water partition coefficient (Wildman–Crippen LogP) is 10.2. The average molecular weight is 501 g/mol. The van der Waals surface area contributed by atoms with Crippen LogP contribution in [-0.4, -0.2) is 16.6 Å². The van der Waals surface area contributed by atoms with Crippen LogP contribution in [-0.2, 0) is 6.42 Å². The number of aromatic nitrogens is 2. The van der Waals surface area contributed by atoms with Gasteiger partial charge in [0.05, 0.1) is 6.61 Å². The summed E-state index contributed by atoms with van der Waals surface area (Å²) in [7, 11) is 0. The first kappa shape index (κ1) is 28.9. The minimum absolute atomic E-state index is 0.795. The van der Waals surface area contributed by atoms with Crippen molar-refractivity contribution in [1.82, 2.24) is 9.97 Å². The number of hydrogen-bond acceptors (Lipinski definition) is 3. The van der Waals surface area contributed by atoms with E-state index in [2.05, 4.69) is 72.3 Å². The topological polar surface area (TPSA) is 35.0 Å². The molecule has 0 saturated heterocycles. The van der Waals surface area contributed by atoms with E-state index < -0.39 is 0 Å². The largest absolute Gasteiger partial charge is 0.494 e. The van der Waals surface area contributed by atoms with Crippen molar-refractivity contribution in [3.63, 3.8) is 0 Å². The Morgan fingerprint density at radius 3 is 1.54 bits per heavy atom. The second-order valence-electron chi connectivity index (χ2n) is 10.4. The summed E-state index contributed by atoms with van der Waals surface area (Å²) in [6, 6.07) is 17.0. The lowest BCUT2D eigenvalue weighted by Crippen LogP contribution is -1.97. The van der Waals surface area contributed by atoms with Crippen molar-refractivity contribution in [2.75, 3.05) is 6.61 Å². The van der Waals surface area contributed by atoms with Gasteiger partial charge in [0, 0.05) is 18.0 Å². The number of ether oxygens (including phenoxy) is 1. The summed E-state index contributed by atoms with van der Waals surface area (Å²) in [6.07, 6.45) is 23.5. The van der Waals surface area contributed by atoms with Gasteiger partial charge in [-0.15, -0.1) is 0 Å². The molecule has 1 aromatic heterocycles. The Kier molecular flexibility index (Phi) is 13.8. The van der Waals surface area contributed by atoms with Crippen LogP contribution in [0.15, 0.2) is 60.9 Å². The highest BCUT2D eigenvalue weighted by molar-refractivity contribution is 5.68. The van der Waals surface area contributed by atoms with E-state index in [0.717, 1.165) is 36.6 Å². The van der Waals surface area contributed by atoms with Crippen molar-refractivity contribution >= 4 is 0 Å². The molecule has 0 bridgehead atoms. The van der Waals surface area contributed by atoms with Gasteiger partial charge >= 0.3 is 0 Å². The molecule has 0 saturated carbocycles. The summed E-state index contributed by atoms with van der Waals surface area (Å²) < 4.78 is 5.95. The lowest BCUT2D eigenvalue weighted by Gasteiger charge is -2.08. The van der Waals surface area contributed by atoms with E-state index in [4.69, 9.17) is 4.74 Å². The van der Waals surface area contributed by atoms with Crippen LogP contribution in [0.5, 0.6) is 5.75 Å². The summed E-state index contributed by atoms with van der Waals surface area (Å²) in [5.41, 5.74) is 4.68. The van der Waals surface area contributed by atoms with Gasteiger partial charge in [-0.3, -0.25) is 0 Å². The molecule has 0 fully saturated rings. The third-order valence-corrected chi connectivity index (χ3v) is 7.12. The average Bonchev–Trinajstić information content (AvgIpc) is 2.95. The highest BCUT2D eigenvalue weighted by atomic mass is 16.5. The summed E-state index contributed by atoms with van der Waals surface area (Å²) in [6.45, 7) is 5.34. The molecule has 2 aromatic carbocycles. The molecule has 3 rings (SSSR count). The van der Waals surface area contributed by atoms with Crippen LogP contribution in [0.4, 0.5) is 0 Å². The zero-order valence-corrected chi connectivity index (χ0v) is 23.4. The van der Waals surface area contributed by atoms with E-state index in [9.17, 15) is 0 Å². The summed E-state index contributed by atoms with van der Waals surface area (Å²) in [4.78, 5) is 9.27. The molecular weight excluding hydrogens is 452 g/mol. The van der Waals surface area contributed by atoms with Gasteiger partial charge in [0.25, 0.3) is 0 Å². The first-order valence-electron chi connectivity index (χ1n) is 14.9. The zero-order chi connectivity index (χ0) is 26.0. The first-order valence-corrected chi connectivity index (χ1v) is 14.9. The molecule has 1 heterocycles. The number of unbranched alkanes of at least 4 members (excludes halogenated alkanes) is 12. The fraction of sp³-hybridized carbons (Fsp3) is 0.529. The Balaban J connectivity index is 1.39. The number of rotatable bonds is 19. The Morgan fingerprint density at radius 2 is 0.973 bits per heavy atom. The highest BCUT2D eigenvalue weighted by Crippen LogP contribution is 2.25. The smallest absolute Gasteiger partial charge is 0.159 e. The van der Waals surface area contributed by atoms with E-state index in [1.807, 2.05) is 12.4 Å². The molecule has 3 heteroatoms.